The van der Waals surface area contributed by atoms with Gasteiger partial charge in [0, 0.05) is 5.75 Å². The summed E-state index contributed by atoms with van der Waals surface area (Å²) in [6.45, 7) is 0. The molecule has 82 valence electrons. The van der Waals surface area contributed by atoms with Crippen molar-refractivity contribution in [2.75, 3.05) is 11.5 Å². The summed E-state index contributed by atoms with van der Waals surface area (Å²) in [7, 11) is 0. The van der Waals surface area contributed by atoms with Gasteiger partial charge in [-0.1, -0.05) is 12.8 Å². The van der Waals surface area contributed by atoms with Gasteiger partial charge >= 0.3 is 0 Å². The van der Waals surface area contributed by atoms with E-state index in [2.05, 4.69) is 20.9 Å². The molecule has 2 N–H and O–H groups in total. The lowest BCUT2D eigenvalue weighted by molar-refractivity contribution is 0.623. The van der Waals surface area contributed by atoms with E-state index in [9.17, 15) is 0 Å². The van der Waals surface area contributed by atoms with Crippen molar-refractivity contribution in [3.63, 3.8) is 0 Å². The largest absolute Gasteiger partial charge is 0.397 e. The molecule has 1 saturated carbocycles. The van der Waals surface area contributed by atoms with Gasteiger partial charge in [0.1, 0.15) is 5.03 Å². The molecule has 0 atom stereocenters. The Bertz CT molecular complexity index is 337. The molecule has 0 amide bonds. The first-order valence-corrected chi connectivity index (χ1v) is 7.07. The minimum Gasteiger partial charge on any atom is -0.397 e. The normalized spacial score (nSPS) is 17.1. The number of pyridine rings is 1. The molecule has 0 aromatic carbocycles. The summed E-state index contributed by atoms with van der Waals surface area (Å²) in [5.74, 6) is 2.08. The number of aromatic nitrogens is 1. The first-order valence-electron chi connectivity index (χ1n) is 5.29. The van der Waals surface area contributed by atoms with Gasteiger partial charge in [-0.05, 0) is 40.8 Å². The first-order chi connectivity index (χ1) is 7.25. The van der Waals surface area contributed by atoms with E-state index in [1.165, 1.54) is 31.4 Å². The molecule has 1 heterocycles. The molecule has 0 bridgehead atoms. The van der Waals surface area contributed by atoms with Crippen molar-refractivity contribution >= 4 is 33.4 Å². The average Bonchev–Trinajstić information content (AvgIpc) is 2.69. The van der Waals surface area contributed by atoms with Crippen LogP contribution in [0.15, 0.2) is 21.8 Å². The van der Waals surface area contributed by atoms with Gasteiger partial charge in [0.05, 0.1) is 16.4 Å². The highest BCUT2D eigenvalue weighted by Crippen LogP contribution is 2.33. The molecule has 0 radical (unpaired) electrons. The molecule has 1 fully saturated rings. The van der Waals surface area contributed by atoms with Gasteiger partial charge in [0.25, 0.3) is 0 Å². The zero-order valence-electron chi connectivity index (χ0n) is 8.58. The van der Waals surface area contributed by atoms with Crippen molar-refractivity contribution in [1.82, 2.24) is 4.98 Å². The number of anilines is 1. The van der Waals surface area contributed by atoms with Gasteiger partial charge in [-0.2, -0.15) is 0 Å². The maximum Gasteiger partial charge on any atom is 0.110 e. The smallest absolute Gasteiger partial charge is 0.110 e. The quantitative estimate of drug-likeness (QED) is 0.861. The van der Waals surface area contributed by atoms with Crippen molar-refractivity contribution in [3.8, 4) is 0 Å². The second-order valence-electron chi connectivity index (χ2n) is 4.02. The van der Waals surface area contributed by atoms with E-state index in [4.69, 9.17) is 5.73 Å². The van der Waals surface area contributed by atoms with E-state index in [1.807, 2.05) is 17.8 Å². The zero-order chi connectivity index (χ0) is 10.7. The number of halogens is 1. The van der Waals surface area contributed by atoms with Gasteiger partial charge in [0.2, 0.25) is 0 Å². The van der Waals surface area contributed by atoms with E-state index in [0.717, 1.165) is 15.4 Å². The standard InChI is InChI=1S/C11H15BrN2S/c12-10-5-9(13)6-14-11(10)15-7-8-3-1-2-4-8/h5-6,8H,1-4,7,13H2. The van der Waals surface area contributed by atoms with Crippen LogP contribution in [0.2, 0.25) is 0 Å². The predicted molar refractivity (Wildman–Crippen MR) is 69.0 cm³/mol. The predicted octanol–water partition coefficient (Wildman–Crippen LogP) is 3.71. The van der Waals surface area contributed by atoms with Crippen LogP contribution in [-0.2, 0) is 0 Å². The fraction of sp³-hybridized carbons (Fsp3) is 0.545. The van der Waals surface area contributed by atoms with Crippen LogP contribution in [0.5, 0.6) is 0 Å². The molecular formula is C11H15BrN2S. The van der Waals surface area contributed by atoms with E-state index in [1.54, 1.807) is 6.20 Å². The van der Waals surface area contributed by atoms with Crippen molar-refractivity contribution in [2.24, 2.45) is 5.92 Å². The summed E-state index contributed by atoms with van der Waals surface area (Å²) in [5, 5.41) is 1.07. The third-order valence-electron chi connectivity index (χ3n) is 2.76. The van der Waals surface area contributed by atoms with Gasteiger partial charge in [-0.25, -0.2) is 4.98 Å². The summed E-state index contributed by atoms with van der Waals surface area (Å²) >= 11 is 5.33. The Balaban J connectivity index is 1.92. The summed E-state index contributed by atoms with van der Waals surface area (Å²) in [4.78, 5) is 4.33. The maximum absolute atomic E-state index is 5.64. The maximum atomic E-state index is 5.64. The van der Waals surface area contributed by atoms with Gasteiger partial charge in [-0.15, -0.1) is 11.8 Å². The van der Waals surface area contributed by atoms with Gasteiger partial charge in [-0.3, -0.25) is 0 Å². The average molecular weight is 287 g/mol. The Morgan fingerprint density at radius 1 is 1.47 bits per heavy atom. The Morgan fingerprint density at radius 2 is 2.20 bits per heavy atom. The fourth-order valence-electron chi connectivity index (χ4n) is 1.92. The molecular weight excluding hydrogens is 272 g/mol. The lowest BCUT2D eigenvalue weighted by Gasteiger charge is -2.08. The summed E-state index contributed by atoms with van der Waals surface area (Å²) in [6.07, 6.45) is 7.31. The second kappa shape index (κ2) is 5.21. The van der Waals surface area contributed by atoms with Gasteiger partial charge in [0.15, 0.2) is 0 Å². The van der Waals surface area contributed by atoms with Crippen molar-refractivity contribution in [1.29, 1.82) is 0 Å². The lowest BCUT2D eigenvalue weighted by atomic mass is 10.1. The third-order valence-corrected chi connectivity index (χ3v) is 4.86. The van der Waals surface area contributed by atoms with Crippen LogP contribution >= 0.6 is 27.7 Å². The van der Waals surface area contributed by atoms with Crippen LogP contribution in [0.3, 0.4) is 0 Å². The van der Waals surface area contributed by atoms with Crippen molar-refractivity contribution < 1.29 is 0 Å². The lowest BCUT2D eigenvalue weighted by Crippen LogP contribution is -1.97. The molecule has 0 aliphatic heterocycles. The third kappa shape index (κ3) is 3.11. The monoisotopic (exact) mass is 286 g/mol. The topological polar surface area (TPSA) is 38.9 Å². The molecule has 1 aromatic heterocycles. The molecule has 0 saturated heterocycles. The molecule has 1 aromatic rings. The summed E-state index contributed by atoms with van der Waals surface area (Å²) in [5.41, 5.74) is 6.36. The number of thioether (sulfide) groups is 1. The van der Waals surface area contributed by atoms with Crippen LogP contribution in [0.4, 0.5) is 5.69 Å². The number of rotatable bonds is 3. The summed E-state index contributed by atoms with van der Waals surface area (Å²) < 4.78 is 1.02. The van der Waals surface area contributed by atoms with Gasteiger partial charge < -0.3 is 5.73 Å². The molecule has 4 heteroatoms. The minimum atomic E-state index is 0.715. The zero-order valence-corrected chi connectivity index (χ0v) is 11.0. The van der Waals surface area contributed by atoms with Crippen molar-refractivity contribution in [2.45, 2.75) is 30.7 Å². The Hall–Kier alpha value is -0.220. The molecule has 0 spiro atoms. The molecule has 1 aliphatic rings. The first kappa shape index (κ1) is 11.3. The highest BCUT2D eigenvalue weighted by atomic mass is 79.9. The van der Waals surface area contributed by atoms with E-state index < -0.39 is 0 Å². The molecule has 2 nitrogen and oxygen atoms in total. The van der Waals surface area contributed by atoms with Crippen LogP contribution in [0, 0.1) is 5.92 Å². The Labute approximate surface area is 103 Å². The number of nitrogens with zero attached hydrogens (tertiary/aromatic N) is 1. The SMILES string of the molecule is Nc1cnc(SCC2CCCC2)c(Br)c1. The van der Waals surface area contributed by atoms with E-state index in [0.29, 0.717) is 5.69 Å². The van der Waals surface area contributed by atoms with Crippen LogP contribution < -0.4 is 5.73 Å². The number of hydrogen-bond donors (Lipinski definition) is 1. The highest BCUT2D eigenvalue weighted by molar-refractivity contribution is 9.10. The number of hydrogen-bond acceptors (Lipinski definition) is 3. The summed E-state index contributed by atoms with van der Waals surface area (Å²) in [6, 6.07) is 1.92. The van der Waals surface area contributed by atoms with Crippen molar-refractivity contribution in [3.05, 3.63) is 16.7 Å². The molecule has 0 unspecified atom stereocenters. The Kier molecular flexibility index (Phi) is 3.92. The fourth-order valence-corrected chi connectivity index (χ4v) is 3.68. The number of nitrogens with two attached hydrogens (primary N) is 1. The molecule has 15 heavy (non-hydrogen) atoms. The second-order valence-corrected chi connectivity index (χ2v) is 5.88. The molecule has 1 aliphatic carbocycles. The molecule has 2 rings (SSSR count). The Morgan fingerprint density at radius 3 is 2.87 bits per heavy atom. The van der Waals surface area contributed by atoms with E-state index >= 15 is 0 Å². The highest BCUT2D eigenvalue weighted by Gasteiger charge is 2.15. The van der Waals surface area contributed by atoms with Crippen LogP contribution in [-0.4, -0.2) is 10.7 Å². The van der Waals surface area contributed by atoms with Crippen LogP contribution in [0.1, 0.15) is 25.7 Å². The van der Waals surface area contributed by atoms with Crippen LogP contribution in [0.25, 0.3) is 0 Å². The number of nitrogen functional groups attached to an aromatic ring is 1. The van der Waals surface area contributed by atoms with E-state index in [-0.39, 0.29) is 0 Å². The minimum absolute atomic E-state index is 0.715.